The van der Waals surface area contributed by atoms with Gasteiger partial charge >= 0.3 is 0 Å². The molecule has 1 saturated heterocycles. The Morgan fingerprint density at radius 3 is 2.94 bits per heavy atom. The van der Waals surface area contributed by atoms with E-state index in [0.717, 1.165) is 6.42 Å². The van der Waals surface area contributed by atoms with Crippen LogP contribution in [-0.4, -0.2) is 35.7 Å². The van der Waals surface area contributed by atoms with Gasteiger partial charge in [0.05, 0.1) is 12.6 Å². The average molecular weight is 226 g/mol. The van der Waals surface area contributed by atoms with E-state index in [9.17, 15) is 4.79 Å². The van der Waals surface area contributed by atoms with Gasteiger partial charge in [0.15, 0.2) is 0 Å². The van der Waals surface area contributed by atoms with Crippen molar-refractivity contribution in [2.24, 2.45) is 5.92 Å². The first kappa shape index (κ1) is 11.9. The van der Waals surface area contributed by atoms with Crippen molar-refractivity contribution in [1.82, 2.24) is 10.6 Å². The first-order chi connectivity index (χ1) is 7.70. The Morgan fingerprint density at radius 2 is 2.25 bits per heavy atom. The van der Waals surface area contributed by atoms with Gasteiger partial charge in [-0.2, -0.15) is 0 Å². The molecular formula is C12H22N2O2. The van der Waals surface area contributed by atoms with E-state index in [1.165, 1.54) is 25.7 Å². The molecule has 0 aromatic heterocycles. The van der Waals surface area contributed by atoms with Gasteiger partial charge in [-0.05, 0) is 32.1 Å². The lowest BCUT2D eigenvalue weighted by Crippen LogP contribution is -2.46. The second kappa shape index (κ2) is 5.15. The fraction of sp³-hybridized carbons (Fsp3) is 0.917. The fourth-order valence-corrected chi connectivity index (χ4v) is 2.91. The van der Waals surface area contributed by atoms with E-state index in [1.807, 2.05) is 6.92 Å². The number of hydrogen-bond acceptors (Lipinski definition) is 3. The second-order valence-corrected chi connectivity index (χ2v) is 5.20. The summed E-state index contributed by atoms with van der Waals surface area (Å²) < 4.78 is 0. The number of aliphatic hydroxyl groups is 1. The zero-order chi connectivity index (χ0) is 11.5. The molecule has 0 aromatic carbocycles. The highest BCUT2D eigenvalue weighted by Gasteiger charge is 2.38. The predicted molar refractivity (Wildman–Crippen MR) is 62.0 cm³/mol. The van der Waals surface area contributed by atoms with Crippen molar-refractivity contribution in [3.05, 3.63) is 0 Å². The molecule has 0 aromatic rings. The summed E-state index contributed by atoms with van der Waals surface area (Å²) >= 11 is 0. The molecule has 2 fully saturated rings. The van der Waals surface area contributed by atoms with E-state index < -0.39 is 0 Å². The third-order valence-electron chi connectivity index (χ3n) is 3.84. The average Bonchev–Trinajstić information content (AvgIpc) is 2.72. The molecular weight excluding hydrogens is 204 g/mol. The molecule has 2 aliphatic rings. The lowest BCUT2D eigenvalue weighted by Gasteiger charge is -2.24. The van der Waals surface area contributed by atoms with Gasteiger partial charge in [0, 0.05) is 12.1 Å². The second-order valence-electron chi connectivity index (χ2n) is 5.20. The zero-order valence-corrected chi connectivity index (χ0v) is 9.91. The molecule has 2 rings (SSSR count). The molecule has 16 heavy (non-hydrogen) atoms. The molecule has 0 radical (unpaired) electrons. The number of fused-ring (bicyclic) bond motifs is 1. The van der Waals surface area contributed by atoms with Gasteiger partial charge in [-0.3, -0.25) is 4.79 Å². The molecule has 1 heterocycles. The van der Waals surface area contributed by atoms with E-state index in [2.05, 4.69) is 10.6 Å². The first-order valence-electron chi connectivity index (χ1n) is 6.38. The van der Waals surface area contributed by atoms with Crippen molar-refractivity contribution in [2.75, 3.05) is 6.61 Å². The van der Waals surface area contributed by atoms with Crippen molar-refractivity contribution in [3.63, 3.8) is 0 Å². The van der Waals surface area contributed by atoms with Gasteiger partial charge in [0.25, 0.3) is 0 Å². The van der Waals surface area contributed by atoms with E-state index >= 15 is 0 Å². The van der Waals surface area contributed by atoms with Gasteiger partial charge in [-0.25, -0.2) is 0 Å². The van der Waals surface area contributed by atoms with Crippen LogP contribution < -0.4 is 10.6 Å². The number of aliphatic hydroxyl groups excluding tert-OH is 1. The summed E-state index contributed by atoms with van der Waals surface area (Å²) in [6.07, 6.45) is 6.04. The standard InChI is InChI=1S/C12H22N2O2/c1-8(7-15)13-12(16)11-6-9-4-2-3-5-10(9)14-11/h8-11,14-15H,2-7H2,1H3,(H,13,16). The van der Waals surface area contributed by atoms with Crippen LogP contribution in [0.1, 0.15) is 39.0 Å². The molecule has 4 unspecified atom stereocenters. The molecule has 0 spiro atoms. The van der Waals surface area contributed by atoms with Crippen LogP contribution >= 0.6 is 0 Å². The first-order valence-corrected chi connectivity index (χ1v) is 6.38. The van der Waals surface area contributed by atoms with Gasteiger partial charge in [0.1, 0.15) is 0 Å². The zero-order valence-electron chi connectivity index (χ0n) is 9.91. The van der Waals surface area contributed by atoms with Crippen LogP contribution in [0.15, 0.2) is 0 Å². The molecule has 1 saturated carbocycles. The minimum Gasteiger partial charge on any atom is -0.394 e. The van der Waals surface area contributed by atoms with Crippen LogP contribution in [0.2, 0.25) is 0 Å². The third-order valence-corrected chi connectivity index (χ3v) is 3.84. The summed E-state index contributed by atoms with van der Waals surface area (Å²) in [6.45, 7) is 1.82. The van der Waals surface area contributed by atoms with Crippen LogP contribution in [0, 0.1) is 5.92 Å². The van der Waals surface area contributed by atoms with Crippen LogP contribution in [0.25, 0.3) is 0 Å². The SMILES string of the molecule is CC(CO)NC(=O)C1CC2CCCCC2N1. The normalized spacial score (nSPS) is 35.5. The fourth-order valence-electron chi connectivity index (χ4n) is 2.91. The number of amides is 1. The number of carbonyl (C=O) groups is 1. The highest BCUT2D eigenvalue weighted by Crippen LogP contribution is 2.33. The Bertz CT molecular complexity index is 243. The van der Waals surface area contributed by atoms with Crippen LogP contribution in [0.4, 0.5) is 0 Å². The van der Waals surface area contributed by atoms with E-state index in [1.54, 1.807) is 0 Å². The Hall–Kier alpha value is -0.610. The molecule has 1 amide bonds. The Kier molecular flexibility index (Phi) is 3.82. The van der Waals surface area contributed by atoms with Crippen molar-refractivity contribution in [1.29, 1.82) is 0 Å². The largest absolute Gasteiger partial charge is 0.394 e. The minimum absolute atomic E-state index is 0.00527. The number of nitrogens with one attached hydrogen (secondary N) is 2. The van der Waals surface area contributed by atoms with Crippen molar-refractivity contribution >= 4 is 5.91 Å². The lowest BCUT2D eigenvalue weighted by molar-refractivity contribution is -0.123. The van der Waals surface area contributed by atoms with Crippen LogP contribution in [0.3, 0.4) is 0 Å². The summed E-state index contributed by atoms with van der Waals surface area (Å²) in [7, 11) is 0. The van der Waals surface area contributed by atoms with Crippen molar-refractivity contribution in [3.8, 4) is 0 Å². The molecule has 4 atom stereocenters. The van der Waals surface area contributed by atoms with E-state index in [-0.39, 0.29) is 24.6 Å². The molecule has 1 aliphatic heterocycles. The molecule has 4 nitrogen and oxygen atoms in total. The number of hydrogen-bond donors (Lipinski definition) is 3. The highest BCUT2D eigenvalue weighted by molar-refractivity contribution is 5.82. The van der Waals surface area contributed by atoms with Gasteiger partial charge in [0.2, 0.25) is 5.91 Å². The smallest absolute Gasteiger partial charge is 0.237 e. The van der Waals surface area contributed by atoms with E-state index in [4.69, 9.17) is 5.11 Å². The Labute approximate surface area is 96.8 Å². The van der Waals surface area contributed by atoms with Crippen LogP contribution in [-0.2, 0) is 4.79 Å². The Balaban J connectivity index is 1.85. The molecule has 0 bridgehead atoms. The predicted octanol–water partition coefficient (Wildman–Crippen LogP) is 0.404. The summed E-state index contributed by atoms with van der Waals surface area (Å²) in [5.74, 6) is 0.741. The maximum atomic E-state index is 11.9. The number of rotatable bonds is 3. The Morgan fingerprint density at radius 1 is 1.50 bits per heavy atom. The van der Waals surface area contributed by atoms with E-state index in [0.29, 0.717) is 12.0 Å². The maximum absolute atomic E-state index is 11.9. The van der Waals surface area contributed by atoms with Crippen LogP contribution in [0.5, 0.6) is 0 Å². The van der Waals surface area contributed by atoms with Crippen molar-refractivity contribution < 1.29 is 9.90 Å². The summed E-state index contributed by atoms with van der Waals surface area (Å²) in [6, 6.07) is 0.368. The van der Waals surface area contributed by atoms with Gasteiger partial charge in [-0.15, -0.1) is 0 Å². The summed E-state index contributed by atoms with van der Waals surface area (Å²) in [5.41, 5.74) is 0. The van der Waals surface area contributed by atoms with Gasteiger partial charge in [-0.1, -0.05) is 12.8 Å². The summed E-state index contributed by atoms with van der Waals surface area (Å²) in [5, 5.41) is 15.2. The molecule has 3 N–H and O–H groups in total. The molecule has 92 valence electrons. The molecule has 1 aliphatic carbocycles. The van der Waals surface area contributed by atoms with Gasteiger partial charge < -0.3 is 15.7 Å². The third kappa shape index (κ3) is 2.55. The minimum atomic E-state index is -0.142. The number of carbonyl (C=O) groups excluding carboxylic acids is 1. The lowest BCUT2D eigenvalue weighted by atomic mass is 9.85. The monoisotopic (exact) mass is 226 g/mol. The van der Waals surface area contributed by atoms with Crippen molar-refractivity contribution in [2.45, 2.75) is 57.2 Å². The quantitative estimate of drug-likeness (QED) is 0.653. The molecule has 4 heteroatoms. The maximum Gasteiger partial charge on any atom is 0.237 e. The topological polar surface area (TPSA) is 61.4 Å². The summed E-state index contributed by atoms with van der Waals surface area (Å²) in [4.78, 5) is 11.9. The highest BCUT2D eigenvalue weighted by atomic mass is 16.3.